The van der Waals surface area contributed by atoms with Crippen molar-refractivity contribution in [1.82, 2.24) is 4.90 Å². The fourth-order valence-electron chi connectivity index (χ4n) is 2.49. The molecule has 2 aliphatic heterocycles. The molecule has 0 spiro atoms. The van der Waals surface area contributed by atoms with Gasteiger partial charge in [-0.1, -0.05) is 13.8 Å². The fraction of sp³-hybridized carbons (Fsp3) is 0.857. The van der Waals surface area contributed by atoms with Gasteiger partial charge in [0.1, 0.15) is 6.10 Å². The molecule has 0 saturated carbocycles. The van der Waals surface area contributed by atoms with E-state index in [0.717, 1.165) is 12.8 Å². The third-order valence-corrected chi connectivity index (χ3v) is 4.28. The van der Waals surface area contributed by atoms with Crippen LogP contribution in [0.3, 0.4) is 0 Å². The van der Waals surface area contributed by atoms with Crippen molar-refractivity contribution in [2.45, 2.75) is 38.9 Å². The normalized spacial score (nSPS) is 24.0. The number of carboxylic acid groups (broad SMARTS) is 1. The Morgan fingerprint density at radius 3 is 2.20 bits per heavy atom. The molecule has 2 heterocycles. The second-order valence-electron chi connectivity index (χ2n) is 5.74. The lowest BCUT2D eigenvalue weighted by Gasteiger charge is -2.37. The van der Waals surface area contributed by atoms with Gasteiger partial charge in [0.25, 0.3) is 0 Å². The summed E-state index contributed by atoms with van der Waals surface area (Å²) in [4.78, 5) is 24.9. The second kappa shape index (κ2) is 6.54. The molecule has 6 heteroatoms. The summed E-state index contributed by atoms with van der Waals surface area (Å²) in [6.45, 7) is 5.91. The quantitative estimate of drug-likeness (QED) is 0.806. The fourth-order valence-corrected chi connectivity index (χ4v) is 2.49. The second-order valence-corrected chi connectivity index (χ2v) is 5.74. The highest BCUT2D eigenvalue weighted by molar-refractivity contribution is 5.84. The van der Waals surface area contributed by atoms with Gasteiger partial charge >= 0.3 is 5.97 Å². The average Bonchev–Trinajstić information content (AvgIpc) is 2.41. The van der Waals surface area contributed by atoms with E-state index in [-0.39, 0.29) is 18.1 Å². The van der Waals surface area contributed by atoms with Gasteiger partial charge < -0.3 is 19.5 Å². The Bertz CT molecular complexity index is 361. The predicted octanol–water partition coefficient (Wildman–Crippen LogP) is 0.750. The zero-order chi connectivity index (χ0) is 14.7. The van der Waals surface area contributed by atoms with Gasteiger partial charge in [0, 0.05) is 19.0 Å². The lowest BCUT2D eigenvalue weighted by atomic mass is 9.93. The number of carbonyl (C=O) groups excluding carboxylic acids is 1. The number of piperidine rings is 1. The molecule has 0 aromatic carbocycles. The van der Waals surface area contributed by atoms with Crippen molar-refractivity contribution < 1.29 is 24.2 Å². The molecule has 2 atom stereocenters. The van der Waals surface area contributed by atoms with Crippen LogP contribution in [0.2, 0.25) is 0 Å². The van der Waals surface area contributed by atoms with Crippen molar-refractivity contribution in [2.24, 2.45) is 11.8 Å². The first-order chi connectivity index (χ1) is 9.49. The largest absolute Gasteiger partial charge is 0.481 e. The highest BCUT2D eigenvalue weighted by Gasteiger charge is 2.33. The standard InChI is InChI=1S/C14H23NO5/c1-9(10(2)14(17)18)13(16)15-5-3-11(4-6-15)20-12-7-19-8-12/h9-12H,3-8H2,1-2H3,(H,17,18). The molecule has 2 aliphatic rings. The lowest BCUT2D eigenvalue weighted by Crippen LogP contribution is -2.47. The first-order valence-corrected chi connectivity index (χ1v) is 7.24. The van der Waals surface area contributed by atoms with E-state index in [0.29, 0.717) is 26.3 Å². The van der Waals surface area contributed by atoms with Gasteiger partial charge in [-0.05, 0) is 12.8 Å². The molecule has 0 aromatic heterocycles. The number of aliphatic carboxylic acids is 1. The predicted molar refractivity (Wildman–Crippen MR) is 71.3 cm³/mol. The number of nitrogens with zero attached hydrogens (tertiary/aromatic N) is 1. The van der Waals surface area contributed by atoms with Crippen LogP contribution in [0.5, 0.6) is 0 Å². The molecular weight excluding hydrogens is 262 g/mol. The van der Waals surface area contributed by atoms with Gasteiger partial charge in [-0.25, -0.2) is 0 Å². The van der Waals surface area contributed by atoms with E-state index in [1.54, 1.807) is 18.7 Å². The van der Waals surface area contributed by atoms with Crippen LogP contribution in [0.25, 0.3) is 0 Å². The number of ether oxygens (including phenoxy) is 2. The number of carboxylic acids is 1. The first kappa shape index (κ1) is 15.3. The minimum Gasteiger partial charge on any atom is -0.481 e. The molecule has 0 bridgehead atoms. The Morgan fingerprint density at radius 2 is 1.75 bits per heavy atom. The molecule has 1 N–H and O–H groups in total. The van der Waals surface area contributed by atoms with Gasteiger partial charge in [-0.2, -0.15) is 0 Å². The maximum Gasteiger partial charge on any atom is 0.307 e. The SMILES string of the molecule is CC(C(=O)O)C(C)C(=O)N1CCC(OC2COC2)CC1. The molecule has 6 nitrogen and oxygen atoms in total. The topological polar surface area (TPSA) is 76.1 Å². The van der Waals surface area contributed by atoms with E-state index in [1.165, 1.54) is 0 Å². The third kappa shape index (κ3) is 3.49. The first-order valence-electron chi connectivity index (χ1n) is 7.24. The summed E-state index contributed by atoms with van der Waals surface area (Å²) in [6, 6.07) is 0. The number of rotatable bonds is 5. The van der Waals surface area contributed by atoms with Crippen molar-refractivity contribution in [3.05, 3.63) is 0 Å². The molecule has 114 valence electrons. The van der Waals surface area contributed by atoms with Gasteiger partial charge in [0.15, 0.2) is 0 Å². The summed E-state index contributed by atoms with van der Waals surface area (Å²) in [5.41, 5.74) is 0. The third-order valence-electron chi connectivity index (χ3n) is 4.28. The van der Waals surface area contributed by atoms with Crippen LogP contribution in [0.15, 0.2) is 0 Å². The monoisotopic (exact) mass is 285 g/mol. The Hall–Kier alpha value is -1.14. The van der Waals surface area contributed by atoms with Gasteiger partial charge in [0.2, 0.25) is 5.91 Å². The van der Waals surface area contributed by atoms with Crippen LogP contribution in [0.1, 0.15) is 26.7 Å². The van der Waals surface area contributed by atoms with Crippen LogP contribution in [-0.4, -0.2) is 60.4 Å². The molecule has 0 aromatic rings. The number of hydrogen-bond acceptors (Lipinski definition) is 4. The van der Waals surface area contributed by atoms with Crippen molar-refractivity contribution in [2.75, 3.05) is 26.3 Å². The summed E-state index contributed by atoms with van der Waals surface area (Å²) in [7, 11) is 0. The highest BCUT2D eigenvalue weighted by atomic mass is 16.6. The van der Waals surface area contributed by atoms with Gasteiger partial charge in [-0.3, -0.25) is 9.59 Å². The van der Waals surface area contributed by atoms with E-state index >= 15 is 0 Å². The smallest absolute Gasteiger partial charge is 0.307 e. The molecule has 1 amide bonds. The summed E-state index contributed by atoms with van der Waals surface area (Å²) >= 11 is 0. The van der Waals surface area contributed by atoms with E-state index in [2.05, 4.69) is 0 Å². The molecule has 2 unspecified atom stereocenters. The Morgan fingerprint density at radius 1 is 1.15 bits per heavy atom. The minimum absolute atomic E-state index is 0.0645. The molecule has 20 heavy (non-hydrogen) atoms. The van der Waals surface area contributed by atoms with Crippen LogP contribution in [0, 0.1) is 11.8 Å². The van der Waals surface area contributed by atoms with Crippen molar-refractivity contribution in [3.63, 3.8) is 0 Å². The van der Waals surface area contributed by atoms with Crippen LogP contribution >= 0.6 is 0 Å². The summed E-state index contributed by atoms with van der Waals surface area (Å²) in [5.74, 6) is -2.12. The van der Waals surface area contributed by atoms with Crippen LogP contribution in [-0.2, 0) is 19.1 Å². The summed E-state index contributed by atoms with van der Waals surface area (Å²) in [6.07, 6.45) is 2.04. The molecular formula is C14H23NO5. The zero-order valence-corrected chi connectivity index (χ0v) is 12.1. The molecule has 2 saturated heterocycles. The molecule has 0 aliphatic carbocycles. The van der Waals surface area contributed by atoms with Crippen LogP contribution in [0.4, 0.5) is 0 Å². The maximum absolute atomic E-state index is 12.2. The summed E-state index contributed by atoms with van der Waals surface area (Å²) < 4.78 is 10.9. The van der Waals surface area contributed by atoms with Crippen molar-refractivity contribution in [1.29, 1.82) is 0 Å². The van der Waals surface area contributed by atoms with E-state index < -0.39 is 17.8 Å². The maximum atomic E-state index is 12.2. The van der Waals surface area contributed by atoms with Crippen molar-refractivity contribution in [3.8, 4) is 0 Å². The lowest BCUT2D eigenvalue weighted by molar-refractivity contribution is -0.166. The Labute approximate surface area is 119 Å². The Kier molecular flexibility index (Phi) is 4.99. The highest BCUT2D eigenvalue weighted by Crippen LogP contribution is 2.21. The minimum atomic E-state index is -0.922. The van der Waals surface area contributed by atoms with E-state index in [9.17, 15) is 9.59 Å². The molecule has 2 rings (SSSR count). The van der Waals surface area contributed by atoms with Gasteiger partial charge in [-0.15, -0.1) is 0 Å². The van der Waals surface area contributed by atoms with Crippen LogP contribution < -0.4 is 0 Å². The number of hydrogen-bond donors (Lipinski definition) is 1. The molecule has 2 fully saturated rings. The Balaban J connectivity index is 1.77. The average molecular weight is 285 g/mol. The van der Waals surface area contributed by atoms with E-state index in [1.807, 2.05) is 0 Å². The van der Waals surface area contributed by atoms with E-state index in [4.69, 9.17) is 14.6 Å². The molecule has 0 radical (unpaired) electrons. The number of carbonyl (C=O) groups is 2. The summed E-state index contributed by atoms with van der Waals surface area (Å²) in [5, 5.41) is 8.97. The van der Waals surface area contributed by atoms with Crippen molar-refractivity contribution >= 4 is 11.9 Å². The number of likely N-dealkylation sites (tertiary alicyclic amines) is 1. The zero-order valence-electron chi connectivity index (χ0n) is 12.1. The van der Waals surface area contributed by atoms with Gasteiger partial charge in [0.05, 0.1) is 25.2 Å². The number of amides is 1.